The highest BCUT2D eigenvalue weighted by atomic mass is 19.1. The third-order valence-electron chi connectivity index (χ3n) is 6.01. The number of rotatable bonds is 2. The summed E-state index contributed by atoms with van der Waals surface area (Å²) in [5.41, 5.74) is 2.55. The van der Waals surface area contributed by atoms with Crippen molar-refractivity contribution in [2.24, 2.45) is 5.41 Å². The normalized spacial score (nSPS) is 22.1. The van der Waals surface area contributed by atoms with E-state index in [1.807, 2.05) is 12.3 Å². The van der Waals surface area contributed by atoms with Crippen molar-refractivity contribution in [3.05, 3.63) is 65.4 Å². The van der Waals surface area contributed by atoms with E-state index in [0.29, 0.717) is 0 Å². The fraction of sp³-hybridized carbons (Fsp3) is 0.409. The average Bonchev–Trinajstić information content (AvgIpc) is 3.16. The van der Waals surface area contributed by atoms with E-state index < -0.39 is 11.6 Å². The van der Waals surface area contributed by atoms with Crippen molar-refractivity contribution < 1.29 is 8.78 Å². The van der Waals surface area contributed by atoms with Crippen LogP contribution >= 0.6 is 0 Å². The highest BCUT2D eigenvalue weighted by Crippen LogP contribution is 2.51. The molecular formula is C22H24F2N4. The Balaban J connectivity index is 1.94. The van der Waals surface area contributed by atoms with Crippen LogP contribution in [0.5, 0.6) is 0 Å². The summed E-state index contributed by atoms with van der Waals surface area (Å²) in [6, 6.07) is 5.67. The number of H-pyrrole nitrogens is 1. The molecule has 0 saturated heterocycles. The molecule has 1 aliphatic rings. The number of fused-ring (bicyclic) bond motifs is 1. The Morgan fingerprint density at radius 1 is 1.14 bits per heavy atom. The van der Waals surface area contributed by atoms with E-state index in [-0.39, 0.29) is 28.0 Å². The highest BCUT2D eigenvalue weighted by Gasteiger charge is 2.44. The third kappa shape index (κ3) is 2.91. The van der Waals surface area contributed by atoms with Gasteiger partial charge in [0.1, 0.15) is 11.6 Å². The van der Waals surface area contributed by atoms with Gasteiger partial charge in [0.2, 0.25) is 0 Å². The Hall–Kier alpha value is -2.63. The second kappa shape index (κ2) is 6.47. The second-order valence-electron chi connectivity index (χ2n) is 8.88. The fourth-order valence-electron chi connectivity index (χ4n) is 4.39. The summed E-state index contributed by atoms with van der Waals surface area (Å²) in [4.78, 5) is 7.38. The molecule has 0 spiro atoms. The summed E-state index contributed by atoms with van der Waals surface area (Å²) in [5, 5.41) is 8.76. The van der Waals surface area contributed by atoms with Gasteiger partial charge in [-0.1, -0.05) is 26.8 Å². The van der Waals surface area contributed by atoms with E-state index in [0.717, 1.165) is 29.8 Å². The Morgan fingerprint density at radius 2 is 1.86 bits per heavy atom. The number of halogens is 2. The van der Waals surface area contributed by atoms with E-state index >= 15 is 0 Å². The molecule has 4 rings (SSSR count). The number of imidazole rings is 1. The Bertz CT molecular complexity index is 988. The van der Waals surface area contributed by atoms with Gasteiger partial charge in [0, 0.05) is 11.9 Å². The standard InChI is InChI=1S/C22H24F2N4/c1-21(2,3)14-8-9-22(4,18-11-25-12-26-18)20-13(14)10-17(27-28-20)19-15(23)6-5-7-16(19)24/h5-7,10-12,14H,8-9H2,1-4H3,(H,25,26)/t14-,22+/m0/s1. The van der Waals surface area contributed by atoms with Crippen LogP contribution in [0, 0.1) is 17.0 Å². The largest absolute Gasteiger partial charge is 0.348 e. The Labute approximate surface area is 163 Å². The maximum absolute atomic E-state index is 14.4. The molecule has 146 valence electrons. The van der Waals surface area contributed by atoms with Crippen LogP contribution in [0.4, 0.5) is 8.78 Å². The molecule has 0 unspecified atom stereocenters. The van der Waals surface area contributed by atoms with E-state index in [1.165, 1.54) is 18.2 Å². The second-order valence-corrected chi connectivity index (χ2v) is 8.88. The summed E-state index contributed by atoms with van der Waals surface area (Å²) in [6.07, 6.45) is 5.31. The van der Waals surface area contributed by atoms with Crippen LogP contribution in [0.25, 0.3) is 11.3 Å². The number of hydrogen-bond donors (Lipinski definition) is 1. The zero-order valence-corrected chi connectivity index (χ0v) is 16.6. The third-order valence-corrected chi connectivity index (χ3v) is 6.01. The molecule has 0 bridgehead atoms. The van der Waals surface area contributed by atoms with Gasteiger partial charge in [-0.3, -0.25) is 0 Å². The number of nitrogens with one attached hydrogen (secondary N) is 1. The van der Waals surface area contributed by atoms with Gasteiger partial charge in [0.15, 0.2) is 0 Å². The first-order chi connectivity index (χ1) is 13.2. The molecule has 6 heteroatoms. The van der Waals surface area contributed by atoms with Gasteiger partial charge < -0.3 is 4.98 Å². The quantitative estimate of drug-likeness (QED) is 0.648. The van der Waals surface area contributed by atoms with E-state index in [2.05, 4.69) is 47.9 Å². The predicted molar refractivity (Wildman–Crippen MR) is 104 cm³/mol. The van der Waals surface area contributed by atoms with Crippen LogP contribution < -0.4 is 0 Å². The Kier molecular flexibility index (Phi) is 4.32. The van der Waals surface area contributed by atoms with Gasteiger partial charge in [-0.25, -0.2) is 13.8 Å². The highest BCUT2D eigenvalue weighted by molar-refractivity contribution is 5.62. The molecule has 28 heavy (non-hydrogen) atoms. The minimum Gasteiger partial charge on any atom is -0.348 e. The molecule has 1 aromatic carbocycles. The molecule has 0 aliphatic heterocycles. The monoisotopic (exact) mass is 382 g/mol. The van der Waals surface area contributed by atoms with Crippen LogP contribution in [0.2, 0.25) is 0 Å². The number of aromatic nitrogens is 4. The van der Waals surface area contributed by atoms with Crippen LogP contribution in [-0.2, 0) is 5.41 Å². The van der Waals surface area contributed by atoms with Crippen LogP contribution in [0.3, 0.4) is 0 Å². The molecule has 0 radical (unpaired) electrons. The lowest BCUT2D eigenvalue weighted by Crippen LogP contribution is -2.36. The van der Waals surface area contributed by atoms with Gasteiger partial charge >= 0.3 is 0 Å². The molecule has 2 heterocycles. The van der Waals surface area contributed by atoms with Crippen molar-refractivity contribution in [3.8, 4) is 11.3 Å². The molecule has 2 aromatic heterocycles. The number of hydrogen-bond acceptors (Lipinski definition) is 3. The summed E-state index contributed by atoms with van der Waals surface area (Å²) >= 11 is 0. The van der Waals surface area contributed by atoms with E-state index in [4.69, 9.17) is 0 Å². The molecule has 0 saturated carbocycles. The van der Waals surface area contributed by atoms with Crippen LogP contribution in [0.15, 0.2) is 36.8 Å². The maximum Gasteiger partial charge on any atom is 0.135 e. The van der Waals surface area contributed by atoms with Gasteiger partial charge in [-0.2, -0.15) is 5.10 Å². The van der Waals surface area contributed by atoms with Crippen molar-refractivity contribution in [1.29, 1.82) is 0 Å². The maximum atomic E-state index is 14.4. The first-order valence-corrected chi connectivity index (χ1v) is 9.53. The molecule has 1 aliphatic carbocycles. The zero-order valence-electron chi connectivity index (χ0n) is 16.6. The smallest absolute Gasteiger partial charge is 0.135 e. The van der Waals surface area contributed by atoms with Crippen molar-refractivity contribution >= 4 is 0 Å². The van der Waals surface area contributed by atoms with Crippen LogP contribution in [-0.4, -0.2) is 20.2 Å². The average molecular weight is 382 g/mol. The van der Waals surface area contributed by atoms with Crippen molar-refractivity contribution in [1.82, 2.24) is 20.2 Å². The predicted octanol–water partition coefficient (Wildman–Crippen LogP) is 5.37. The summed E-state index contributed by atoms with van der Waals surface area (Å²) in [6.45, 7) is 8.68. The van der Waals surface area contributed by atoms with E-state index in [1.54, 1.807) is 6.33 Å². The lowest BCUT2D eigenvalue weighted by Gasteiger charge is -2.42. The molecule has 0 amide bonds. The Morgan fingerprint density at radius 3 is 2.46 bits per heavy atom. The number of benzene rings is 1. The van der Waals surface area contributed by atoms with Crippen LogP contribution in [0.1, 0.15) is 63.4 Å². The van der Waals surface area contributed by atoms with E-state index in [9.17, 15) is 8.78 Å². The van der Waals surface area contributed by atoms with Crippen molar-refractivity contribution in [3.63, 3.8) is 0 Å². The van der Waals surface area contributed by atoms with Crippen molar-refractivity contribution in [2.75, 3.05) is 0 Å². The molecule has 1 N–H and O–H groups in total. The minimum absolute atomic E-state index is 0.0157. The minimum atomic E-state index is -0.631. The first kappa shape index (κ1) is 18.7. The summed E-state index contributed by atoms with van der Waals surface area (Å²) < 4.78 is 28.7. The van der Waals surface area contributed by atoms with Gasteiger partial charge in [0.05, 0.1) is 28.7 Å². The molecular weight excluding hydrogens is 358 g/mol. The SMILES string of the molecule is CC(C)(C)[C@H]1CC[C@](C)(c2cnc[nH]2)c2nnc(-c3c(F)cccc3F)cc21. The number of aromatic amines is 1. The number of nitrogens with zero attached hydrogens (tertiary/aromatic N) is 3. The molecule has 0 fully saturated rings. The zero-order chi connectivity index (χ0) is 20.1. The first-order valence-electron chi connectivity index (χ1n) is 9.53. The van der Waals surface area contributed by atoms with Gasteiger partial charge in [0.25, 0.3) is 0 Å². The molecule has 3 aromatic rings. The molecule has 2 atom stereocenters. The lowest BCUT2D eigenvalue weighted by atomic mass is 9.62. The van der Waals surface area contributed by atoms with Crippen molar-refractivity contribution in [2.45, 2.75) is 51.9 Å². The van der Waals surface area contributed by atoms with Gasteiger partial charge in [-0.15, -0.1) is 5.10 Å². The molecule has 4 nitrogen and oxygen atoms in total. The summed E-state index contributed by atoms with van der Waals surface area (Å²) in [7, 11) is 0. The van der Waals surface area contributed by atoms with Gasteiger partial charge in [-0.05, 0) is 54.9 Å². The fourth-order valence-corrected chi connectivity index (χ4v) is 4.39. The lowest BCUT2D eigenvalue weighted by molar-refractivity contribution is 0.257. The topological polar surface area (TPSA) is 54.5 Å². The summed E-state index contributed by atoms with van der Waals surface area (Å²) in [5.74, 6) is -1.05.